The van der Waals surface area contributed by atoms with Crippen LogP contribution in [-0.2, 0) is 0 Å². The fourth-order valence-electron chi connectivity index (χ4n) is 5.07. The van der Waals surface area contributed by atoms with Gasteiger partial charge in [0.25, 0.3) is 5.91 Å². The summed E-state index contributed by atoms with van der Waals surface area (Å²) in [5.74, 6) is 1.81. The molecule has 8 heteroatoms. The van der Waals surface area contributed by atoms with Crippen molar-refractivity contribution >= 4 is 34.4 Å². The van der Waals surface area contributed by atoms with Crippen molar-refractivity contribution in [2.24, 2.45) is 11.8 Å². The molecule has 178 valence electrons. The number of aryl methyl sites for hydroxylation is 2. The van der Waals surface area contributed by atoms with Crippen LogP contribution in [0.25, 0.3) is 21.5 Å². The number of benzene rings is 2. The van der Waals surface area contributed by atoms with E-state index in [1.165, 1.54) is 5.56 Å². The van der Waals surface area contributed by atoms with Gasteiger partial charge in [-0.2, -0.15) is 0 Å². The molecule has 0 spiro atoms. The van der Waals surface area contributed by atoms with Gasteiger partial charge in [0.2, 0.25) is 0 Å². The third-order valence-corrected chi connectivity index (χ3v) is 7.88. The smallest absolute Gasteiger partial charge is 0.412 e. The maximum atomic E-state index is 13.6. The Morgan fingerprint density at radius 2 is 2.00 bits per heavy atom. The van der Waals surface area contributed by atoms with Crippen LogP contribution < -0.4 is 10.1 Å². The summed E-state index contributed by atoms with van der Waals surface area (Å²) in [6.07, 6.45) is 0.530. The van der Waals surface area contributed by atoms with Crippen molar-refractivity contribution in [2.75, 3.05) is 13.1 Å². The number of carbonyl (C=O) groups is 2. The summed E-state index contributed by atoms with van der Waals surface area (Å²) in [6, 6.07) is 15.3. The van der Waals surface area contributed by atoms with Gasteiger partial charge in [0, 0.05) is 24.9 Å². The van der Waals surface area contributed by atoms with E-state index in [9.17, 15) is 9.59 Å². The van der Waals surface area contributed by atoms with Crippen molar-refractivity contribution in [3.05, 3.63) is 70.9 Å². The van der Waals surface area contributed by atoms with E-state index in [2.05, 4.69) is 41.5 Å². The number of fused-ring (bicyclic) bond motifs is 2. The summed E-state index contributed by atoms with van der Waals surface area (Å²) in [6.45, 7) is 4.88. The number of para-hydroxylation sites is 1. The van der Waals surface area contributed by atoms with Gasteiger partial charge in [0.15, 0.2) is 22.7 Å². The van der Waals surface area contributed by atoms with Crippen LogP contribution >= 0.6 is 11.3 Å². The Morgan fingerprint density at radius 1 is 1.17 bits per heavy atom. The molecular formula is C27H25N3O4S. The molecule has 4 aromatic rings. The Hall–Kier alpha value is -3.65. The fourth-order valence-corrected chi connectivity index (χ4v) is 5.96. The predicted octanol–water partition coefficient (Wildman–Crippen LogP) is 5.42. The molecule has 6 rings (SSSR count). The van der Waals surface area contributed by atoms with Gasteiger partial charge >= 0.3 is 6.09 Å². The number of likely N-dealkylation sites (tertiary alicyclic amines) is 1. The van der Waals surface area contributed by atoms with Crippen LogP contribution in [0.1, 0.15) is 28.2 Å². The second-order valence-corrected chi connectivity index (χ2v) is 10.2. The summed E-state index contributed by atoms with van der Waals surface area (Å²) >= 11 is 1.58. The molecule has 1 aliphatic carbocycles. The third kappa shape index (κ3) is 4.08. The van der Waals surface area contributed by atoms with E-state index in [1.807, 2.05) is 16.3 Å². The Bertz CT molecular complexity index is 1420. The number of thiophene rings is 1. The zero-order valence-corrected chi connectivity index (χ0v) is 20.3. The maximum absolute atomic E-state index is 13.6. The van der Waals surface area contributed by atoms with E-state index in [0.29, 0.717) is 41.1 Å². The Kier molecular flexibility index (Phi) is 5.33. The first kappa shape index (κ1) is 21.9. The van der Waals surface area contributed by atoms with Gasteiger partial charge in [0.05, 0.1) is 11.6 Å². The monoisotopic (exact) mass is 487 g/mol. The molecule has 2 amide bonds. The largest absolute Gasteiger partial charge is 0.441 e. The molecule has 2 aromatic carbocycles. The van der Waals surface area contributed by atoms with Crippen LogP contribution in [0.3, 0.4) is 0 Å². The Balaban J connectivity index is 1.15. The molecule has 2 aliphatic rings. The zero-order chi connectivity index (χ0) is 24.1. The lowest BCUT2D eigenvalue weighted by Gasteiger charge is -2.28. The van der Waals surface area contributed by atoms with E-state index in [1.54, 1.807) is 36.5 Å². The molecule has 3 atom stereocenters. The van der Waals surface area contributed by atoms with E-state index >= 15 is 0 Å². The number of rotatable bonds is 5. The number of amides is 2. The molecule has 2 aromatic heterocycles. The molecule has 2 fully saturated rings. The Labute approximate surface area is 206 Å². The number of hydrogen-bond donors (Lipinski definition) is 1. The first-order chi connectivity index (χ1) is 17.0. The van der Waals surface area contributed by atoms with Crippen LogP contribution in [0.4, 0.5) is 4.79 Å². The molecular weight excluding hydrogens is 462 g/mol. The molecule has 1 aliphatic heterocycles. The van der Waals surface area contributed by atoms with Crippen LogP contribution in [0, 0.1) is 25.7 Å². The second-order valence-electron chi connectivity index (χ2n) is 9.32. The van der Waals surface area contributed by atoms with Crippen LogP contribution in [-0.4, -0.2) is 41.0 Å². The molecule has 0 unspecified atom stereocenters. The topological polar surface area (TPSA) is 84.7 Å². The number of aromatic nitrogens is 1. The van der Waals surface area contributed by atoms with Gasteiger partial charge in [-0.15, -0.1) is 11.3 Å². The molecule has 7 nitrogen and oxygen atoms in total. The lowest BCUT2D eigenvalue weighted by molar-refractivity contribution is 0.0706. The van der Waals surface area contributed by atoms with Crippen molar-refractivity contribution in [2.45, 2.75) is 26.3 Å². The van der Waals surface area contributed by atoms with Crippen molar-refractivity contribution in [3.8, 4) is 16.2 Å². The molecule has 0 bridgehead atoms. The fraction of sp³-hybridized carbons (Fsp3) is 0.296. The van der Waals surface area contributed by atoms with Crippen LogP contribution in [0.5, 0.6) is 5.75 Å². The highest BCUT2D eigenvalue weighted by atomic mass is 32.1. The number of nitrogens with one attached hydrogen (secondary N) is 1. The SMILES string of the molecule is Cc1ccc(-c2sccc2C(=O)N2C[C@@H]3C[C@@H]3[C@H]2CNC(=O)Oc2cccc3oc(C)nc23)cc1. The zero-order valence-electron chi connectivity index (χ0n) is 19.5. The predicted molar refractivity (Wildman–Crippen MR) is 134 cm³/mol. The van der Waals surface area contributed by atoms with Gasteiger partial charge in [-0.3, -0.25) is 4.79 Å². The number of oxazole rings is 1. The van der Waals surface area contributed by atoms with Gasteiger partial charge in [-0.1, -0.05) is 35.9 Å². The summed E-state index contributed by atoms with van der Waals surface area (Å²) in [5.41, 5.74) is 4.04. The van der Waals surface area contributed by atoms with E-state index in [0.717, 1.165) is 29.0 Å². The van der Waals surface area contributed by atoms with Crippen LogP contribution in [0.2, 0.25) is 0 Å². The number of hydrogen-bond acceptors (Lipinski definition) is 6. The second kappa shape index (κ2) is 8.53. The average Bonchev–Trinajstić information content (AvgIpc) is 3.16. The highest BCUT2D eigenvalue weighted by molar-refractivity contribution is 7.14. The third-order valence-electron chi connectivity index (χ3n) is 6.92. The molecule has 1 saturated heterocycles. The lowest BCUT2D eigenvalue weighted by atomic mass is 10.1. The van der Waals surface area contributed by atoms with Crippen molar-refractivity contribution in [1.29, 1.82) is 0 Å². The minimum absolute atomic E-state index is 0.0250. The first-order valence-corrected chi connectivity index (χ1v) is 12.6. The van der Waals surface area contributed by atoms with Crippen molar-refractivity contribution in [1.82, 2.24) is 15.2 Å². The summed E-state index contributed by atoms with van der Waals surface area (Å²) < 4.78 is 11.0. The maximum Gasteiger partial charge on any atom is 0.412 e. The number of carbonyl (C=O) groups excluding carboxylic acids is 2. The van der Waals surface area contributed by atoms with Crippen molar-refractivity contribution in [3.63, 3.8) is 0 Å². The van der Waals surface area contributed by atoms with Gasteiger partial charge in [-0.05, 0) is 54.3 Å². The average molecular weight is 488 g/mol. The molecule has 1 saturated carbocycles. The molecule has 3 heterocycles. The normalized spacial score (nSPS) is 20.6. The van der Waals surface area contributed by atoms with Gasteiger partial charge < -0.3 is 19.4 Å². The standard InChI is InChI=1S/C27H25N3O4S/c1-15-6-8-17(9-7-15)25-19(10-11-35-25)26(31)30-14-18-12-20(18)21(30)13-28-27(32)34-23-5-3-4-22-24(23)29-16(2)33-22/h3-11,18,20-21H,12-14H2,1-2H3,(H,28,32)/t18-,20-,21+/m0/s1. The molecule has 1 N–H and O–H groups in total. The number of ether oxygens (including phenoxy) is 1. The van der Waals surface area contributed by atoms with Crippen LogP contribution in [0.15, 0.2) is 58.3 Å². The summed E-state index contributed by atoms with van der Waals surface area (Å²) in [5, 5.41) is 4.84. The van der Waals surface area contributed by atoms with E-state index in [-0.39, 0.29) is 11.9 Å². The van der Waals surface area contributed by atoms with E-state index < -0.39 is 6.09 Å². The lowest BCUT2D eigenvalue weighted by Crippen LogP contribution is -2.46. The molecule has 35 heavy (non-hydrogen) atoms. The quantitative estimate of drug-likeness (QED) is 0.406. The summed E-state index contributed by atoms with van der Waals surface area (Å²) in [4.78, 5) is 33.4. The minimum atomic E-state index is -0.564. The number of piperidine rings is 1. The molecule has 0 radical (unpaired) electrons. The van der Waals surface area contributed by atoms with Crippen molar-refractivity contribution < 1.29 is 18.7 Å². The first-order valence-electron chi connectivity index (χ1n) is 11.8. The number of nitrogens with zero attached hydrogens (tertiary/aromatic N) is 2. The van der Waals surface area contributed by atoms with Gasteiger partial charge in [0.1, 0.15) is 0 Å². The highest BCUT2D eigenvalue weighted by Crippen LogP contribution is 2.50. The highest BCUT2D eigenvalue weighted by Gasteiger charge is 2.54. The minimum Gasteiger partial charge on any atom is -0.441 e. The summed E-state index contributed by atoms with van der Waals surface area (Å²) in [7, 11) is 0. The van der Waals surface area contributed by atoms with Gasteiger partial charge in [-0.25, -0.2) is 9.78 Å². The Morgan fingerprint density at radius 3 is 2.83 bits per heavy atom. The van der Waals surface area contributed by atoms with E-state index in [4.69, 9.17) is 9.15 Å².